The average Bonchev–Trinajstić information content (AvgIpc) is 2.81. The molecule has 1 aliphatic carbocycles. The quantitative estimate of drug-likeness (QED) is 0.603. The number of aliphatic hydroxyl groups excluding tert-OH is 1. The molecule has 11 heavy (non-hydrogen) atoms. The number of carbonyl (C=O) groups is 1. The molecule has 0 aromatic carbocycles. The molecule has 1 unspecified atom stereocenters. The highest BCUT2D eigenvalue weighted by molar-refractivity contribution is 5.83. The van der Waals surface area contributed by atoms with Crippen molar-refractivity contribution < 1.29 is 9.90 Å². The van der Waals surface area contributed by atoms with Crippen molar-refractivity contribution in [2.45, 2.75) is 31.8 Å². The Morgan fingerprint density at radius 1 is 1.73 bits per heavy atom. The van der Waals surface area contributed by atoms with E-state index in [2.05, 4.69) is 5.92 Å². The average molecular weight is 152 g/mol. The predicted octanol–water partition coefficient (Wildman–Crippen LogP) is 0.740. The predicted molar refractivity (Wildman–Crippen MR) is 41.8 cm³/mol. The summed E-state index contributed by atoms with van der Waals surface area (Å²) in [7, 11) is 0. The van der Waals surface area contributed by atoms with Gasteiger partial charge < -0.3 is 5.11 Å². The van der Waals surface area contributed by atoms with E-state index in [0.717, 1.165) is 12.8 Å². The number of ketones is 1. The van der Waals surface area contributed by atoms with E-state index in [0.29, 0.717) is 12.8 Å². The Hall–Kier alpha value is -0.810. The topological polar surface area (TPSA) is 37.3 Å². The van der Waals surface area contributed by atoms with Crippen LogP contribution in [0.25, 0.3) is 0 Å². The summed E-state index contributed by atoms with van der Waals surface area (Å²) in [5.74, 6) is 2.53. The number of hydrogen-bond acceptors (Lipinski definition) is 2. The molecule has 1 saturated carbocycles. The van der Waals surface area contributed by atoms with Gasteiger partial charge in [0.1, 0.15) is 6.10 Å². The lowest BCUT2D eigenvalue weighted by atomic mass is 10.1. The molecule has 0 radical (unpaired) electrons. The molecule has 0 saturated heterocycles. The lowest BCUT2D eigenvalue weighted by Crippen LogP contribution is -2.21. The molecule has 60 valence electrons. The van der Waals surface area contributed by atoms with Gasteiger partial charge in [-0.3, -0.25) is 4.79 Å². The zero-order chi connectivity index (χ0) is 8.27. The van der Waals surface area contributed by atoms with E-state index >= 15 is 0 Å². The fourth-order valence-electron chi connectivity index (χ4n) is 1.02. The van der Waals surface area contributed by atoms with Crippen molar-refractivity contribution in [2.75, 3.05) is 0 Å². The largest absolute Gasteiger partial charge is 0.385 e. The van der Waals surface area contributed by atoms with Crippen molar-refractivity contribution in [2.24, 2.45) is 5.92 Å². The summed E-state index contributed by atoms with van der Waals surface area (Å²) in [4.78, 5) is 11.0. The number of rotatable bonds is 4. The molecule has 0 aromatic heterocycles. The summed E-state index contributed by atoms with van der Waals surface area (Å²) < 4.78 is 0. The van der Waals surface area contributed by atoms with Gasteiger partial charge in [0, 0.05) is 12.8 Å². The van der Waals surface area contributed by atoms with Crippen LogP contribution >= 0.6 is 0 Å². The Labute approximate surface area is 66.6 Å². The molecule has 2 nitrogen and oxygen atoms in total. The van der Waals surface area contributed by atoms with Crippen LogP contribution in [-0.2, 0) is 4.79 Å². The Balaban J connectivity index is 2.23. The lowest BCUT2D eigenvalue weighted by Gasteiger charge is -2.04. The fourth-order valence-corrected chi connectivity index (χ4v) is 1.02. The van der Waals surface area contributed by atoms with E-state index in [4.69, 9.17) is 6.42 Å². The van der Waals surface area contributed by atoms with Crippen molar-refractivity contribution in [1.82, 2.24) is 0 Å². The molecular formula is C9H12O2. The third-order valence-electron chi connectivity index (χ3n) is 1.91. The van der Waals surface area contributed by atoms with E-state index in [1.54, 1.807) is 0 Å². The van der Waals surface area contributed by atoms with Crippen LogP contribution in [0.2, 0.25) is 0 Å². The van der Waals surface area contributed by atoms with Crippen molar-refractivity contribution in [3.8, 4) is 12.3 Å². The molecule has 0 heterocycles. The first kappa shape index (κ1) is 8.29. The smallest absolute Gasteiger partial charge is 0.162 e. The summed E-state index contributed by atoms with van der Waals surface area (Å²) in [5.41, 5.74) is 0. The monoisotopic (exact) mass is 152 g/mol. The molecular weight excluding hydrogens is 140 g/mol. The van der Waals surface area contributed by atoms with Gasteiger partial charge in [0.15, 0.2) is 5.78 Å². The van der Waals surface area contributed by atoms with Gasteiger partial charge in [-0.15, -0.1) is 12.3 Å². The number of aliphatic hydroxyl groups is 1. The van der Waals surface area contributed by atoms with E-state index in [1.807, 2.05) is 0 Å². The van der Waals surface area contributed by atoms with E-state index in [-0.39, 0.29) is 11.7 Å². The van der Waals surface area contributed by atoms with Gasteiger partial charge in [-0.2, -0.15) is 0 Å². The second kappa shape index (κ2) is 3.54. The first-order valence-corrected chi connectivity index (χ1v) is 3.90. The minimum absolute atomic E-state index is 0.0922. The van der Waals surface area contributed by atoms with Gasteiger partial charge in [0.05, 0.1) is 0 Å². The van der Waals surface area contributed by atoms with Gasteiger partial charge in [-0.25, -0.2) is 0 Å². The van der Waals surface area contributed by atoms with Gasteiger partial charge in [0.2, 0.25) is 0 Å². The summed E-state index contributed by atoms with van der Waals surface area (Å²) in [6.07, 6.45) is 7.00. The minimum Gasteiger partial charge on any atom is -0.385 e. The Morgan fingerprint density at radius 3 is 2.82 bits per heavy atom. The van der Waals surface area contributed by atoms with E-state index < -0.39 is 6.10 Å². The van der Waals surface area contributed by atoms with Gasteiger partial charge in [-0.05, 0) is 18.8 Å². The molecule has 1 aliphatic rings. The van der Waals surface area contributed by atoms with Crippen LogP contribution in [-0.4, -0.2) is 17.0 Å². The molecule has 0 amide bonds. The van der Waals surface area contributed by atoms with Crippen molar-refractivity contribution in [3.05, 3.63) is 0 Å². The zero-order valence-electron chi connectivity index (χ0n) is 6.42. The van der Waals surface area contributed by atoms with Crippen LogP contribution in [0, 0.1) is 18.3 Å². The highest BCUT2D eigenvalue weighted by Gasteiger charge is 2.33. The SMILES string of the molecule is C#CCCC(=O)C(O)C1CC1. The normalized spacial score (nSPS) is 18.9. The standard InChI is InChI=1S/C9H12O2/c1-2-3-4-8(10)9(11)7-5-6-7/h1,7,9,11H,3-6H2. The Kier molecular flexibility index (Phi) is 2.67. The van der Waals surface area contributed by atoms with Crippen molar-refractivity contribution >= 4 is 5.78 Å². The van der Waals surface area contributed by atoms with Gasteiger partial charge >= 0.3 is 0 Å². The van der Waals surface area contributed by atoms with Crippen LogP contribution in [0.4, 0.5) is 0 Å². The maximum Gasteiger partial charge on any atom is 0.162 e. The molecule has 0 aliphatic heterocycles. The summed E-state index contributed by atoms with van der Waals surface area (Å²) in [5, 5.41) is 9.27. The van der Waals surface area contributed by atoms with Crippen LogP contribution < -0.4 is 0 Å². The number of hydrogen-bond donors (Lipinski definition) is 1. The number of carbonyl (C=O) groups excluding carboxylic acids is 1. The van der Waals surface area contributed by atoms with Crippen LogP contribution in [0.3, 0.4) is 0 Å². The maximum atomic E-state index is 11.0. The molecule has 1 N–H and O–H groups in total. The van der Waals surface area contributed by atoms with Crippen molar-refractivity contribution in [1.29, 1.82) is 0 Å². The first-order valence-electron chi connectivity index (χ1n) is 3.90. The highest BCUT2D eigenvalue weighted by atomic mass is 16.3. The summed E-state index contributed by atoms with van der Waals surface area (Å²) in [6, 6.07) is 0. The Morgan fingerprint density at radius 2 is 2.36 bits per heavy atom. The first-order chi connectivity index (χ1) is 5.25. The third-order valence-corrected chi connectivity index (χ3v) is 1.91. The summed E-state index contributed by atoms with van der Waals surface area (Å²) >= 11 is 0. The number of Topliss-reactive ketones (excluding diaryl/α,β-unsaturated/α-hetero) is 1. The summed E-state index contributed by atoms with van der Waals surface area (Å²) in [6.45, 7) is 0. The second-order valence-corrected chi connectivity index (χ2v) is 2.95. The second-order valence-electron chi connectivity index (χ2n) is 2.95. The molecule has 1 atom stereocenters. The fraction of sp³-hybridized carbons (Fsp3) is 0.667. The maximum absolute atomic E-state index is 11.0. The zero-order valence-corrected chi connectivity index (χ0v) is 6.42. The Bertz CT molecular complexity index is 186. The molecule has 1 rings (SSSR count). The highest BCUT2D eigenvalue weighted by Crippen LogP contribution is 2.33. The van der Waals surface area contributed by atoms with Crippen LogP contribution in [0.5, 0.6) is 0 Å². The molecule has 2 heteroatoms. The van der Waals surface area contributed by atoms with Crippen LogP contribution in [0.15, 0.2) is 0 Å². The molecule has 0 aromatic rings. The molecule has 1 fully saturated rings. The van der Waals surface area contributed by atoms with Crippen LogP contribution in [0.1, 0.15) is 25.7 Å². The molecule has 0 spiro atoms. The van der Waals surface area contributed by atoms with Crippen molar-refractivity contribution in [3.63, 3.8) is 0 Å². The third kappa shape index (κ3) is 2.36. The van der Waals surface area contributed by atoms with Gasteiger partial charge in [-0.1, -0.05) is 0 Å². The number of terminal acetylenes is 1. The van der Waals surface area contributed by atoms with Gasteiger partial charge in [0.25, 0.3) is 0 Å². The van der Waals surface area contributed by atoms with E-state index in [9.17, 15) is 9.90 Å². The van der Waals surface area contributed by atoms with E-state index in [1.165, 1.54) is 0 Å². The minimum atomic E-state index is -0.733. The lowest BCUT2D eigenvalue weighted by molar-refractivity contribution is -0.127. The molecule has 0 bridgehead atoms.